The number of rotatable bonds is 5. The lowest BCUT2D eigenvalue weighted by molar-refractivity contribution is 0.169. The minimum absolute atomic E-state index is 0.153. The number of nitrogens with one attached hydrogen (secondary N) is 1. The largest absolute Gasteiger partial charge is 0.497 e. The predicted molar refractivity (Wildman–Crippen MR) is 83.8 cm³/mol. The van der Waals surface area contributed by atoms with Gasteiger partial charge < -0.3 is 14.8 Å². The highest BCUT2D eigenvalue weighted by Crippen LogP contribution is 2.31. The van der Waals surface area contributed by atoms with Crippen molar-refractivity contribution in [1.29, 1.82) is 0 Å². The smallest absolute Gasteiger partial charge is 0.126 e. The topological polar surface area (TPSA) is 30.5 Å². The molecule has 1 atom stereocenters. The molecule has 3 nitrogen and oxygen atoms in total. The van der Waals surface area contributed by atoms with Crippen LogP contribution in [0.1, 0.15) is 17.5 Å². The SMILES string of the molecule is COc1ccc2c(c1)O[C@H](CNCc1ccc(F)cc1)CC2. The van der Waals surface area contributed by atoms with Gasteiger partial charge in [0.05, 0.1) is 7.11 Å². The number of aryl methyl sites for hydroxylation is 1. The number of methoxy groups -OCH3 is 1. The van der Waals surface area contributed by atoms with Crippen LogP contribution in [0.5, 0.6) is 11.5 Å². The summed E-state index contributed by atoms with van der Waals surface area (Å²) >= 11 is 0. The molecule has 0 fully saturated rings. The van der Waals surface area contributed by atoms with Crippen LogP contribution >= 0.6 is 0 Å². The van der Waals surface area contributed by atoms with Crippen molar-refractivity contribution in [3.63, 3.8) is 0 Å². The van der Waals surface area contributed by atoms with Crippen LogP contribution in [0, 0.1) is 5.82 Å². The van der Waals surface area contributed by atoms with Gasteiger partial charge in [-0.05, 0) is 42.2 Å². The summed E-state index contributed by atoms with van der Waals surface area (Å²) in [6.45, 7) is 1.49. The van der Waals surface area contributed by atoms with Gasteiger partial charge in [-0.15, -0.1) is 0 Å². The van der Waals surface area contributed by atoms with E-state index in [1.807, 2.05) is 12.1 Å². The molecule has 1 aliphatic rings. The fraction of sp³-hybridized carbons (Fsp3) is 0.333. The van der Waals surface area contributed by atoms with E-state index in [2.05, 4.69) is 11.4 Å². The van der Waals surface area contributed by atoms with Crippen molar-refractivity contribution in [2.75, 3.05) is 13.7 Å². The molecule has 1 heterocycles. The summed E-state index contributed by atoms with van der Waals surface area (Å²) in [5.74, 6) is 1.53. The molecule has 116 valence electrons. The maximum atomic E-state index is 12.9. The Hall–Kier alpha value is -2.07. The van der Waals surface area contributed by atoms with Crippen LogP contribution in [0.2, 0.25) is 0 Å². The Morgan fingerprint density at radius 1 is 1.23 bits per heavy atom. The van der Waals surface area contributed by atoms with Crippen molar-refractivity contribution >= 4 is 0 Å². The maximum absolute atomic E-state index is 12.9. The van der Waals surface area contributed by atoms with E-state index in [0.717, 1.165) is 36.4 Å². The minimum atomic E-state index is -0.204. The normalized spacial score (nSPS) is 16.7. The zero-order chi connectivity index (χ0) is 15.4. The molecule has 2 aromatic carbocycles. The van der Waals surface area contributed by atoms with Gasteiger partial charge in [0, 0.05) is 19.2 Å². The highest BCUT2D eigenvalue weighted by Gasteiger charge is 2.19. The summed E-state index contributed by atoms with van der Waals surface area (Å²) in [6, 6.07) is 12.5. The summed E-state index contributed by atoms with van der Waals surface area (Å²) in [5, 5.41) is 3.37. The average molecular weight is 301 g/mol. The van der Waals surface area contributed by atoms with Crippen LogP contribution < -0.4 is 14.8 Å². The van der Waals surface area contributed by atoms with Gasteiger partial charge in [0.2, 0.25) is 0 Å². The quantitative estimate of drug-likeness (QED) is 0.919. The average Bonchev–Trinajstić information content (AvgIpc) is 2.56. The maximum Gasteiger partial charge on any atom is 0.126 e. The molecular weight excluding hydrogens is 281 g/mol. The summed E-state index contributed by atoms with van der Waals surface area (Å²) < 4.78 is 24.1. The molecule has 1 aliphatic heterocycles. The fourth-order valence-corrected chi connectivity index (χ4v) is 2.66. The Morgan fingerprint density at radius 2 is 2.05 bits per heavy atom. The Bertz CT molecular complexity index is 627. The number of fused-ring (bicyclic) bond motifs is 1. The molecule has 0 saturated carbocycles. The summed E-state index contributed by atoms with van der Waals surface area (Å²) in [5.41, 5.74) is 2.30. The first-order chi connectivity index (χ1) is 10.7. The Kier molecular flexibility index (Phi) is 4.59. The monoisotopic (exact) mass is 301 g/mol. The summed E-state index contributed by atoms with van der Waals surface area (Å²) in [7, 11) is 1.66. The highest BCUT2D eigenvalue weighted by atomic mass is 19.1. The molecule has 0 amide bonds. The zero-order valence-corrected chi connectivity index (χ0v) is 12.6. The molecule has 3 rings (SSSR count). The van der Waals surface area contributed by atoms with Gasteiger partial charge >= 0.3 is 0 Å². The first kappa shape index (κ1) is 14.9. The molecule has 0 aromatic heterocycles. The number of halogens is 1. The van der Waals surface area contributed by atoms with E-state index < -0.39 is 0 Å². The minimum Gasteiger partial charge on any atom is -0.497 e. The molecule has 1 N–H and O–H groups in total. The first-order valence-electron chi connectivity index (χ1n) is 7.53. The van der Waals surface area contributed by atoms with Crippen LogP contribution in [-0.2, 0) is 13.0 Å². The lowest BCUT2D eigenvalue weighted by atomic mass is 10.0. The van der Waals surface area contributed by atoms with Gasteiger partial charge in [-0.1, -0.05) is 18.2 Å². The third kappa shape index (κ3) is 3.57. The van der Waals surface area contributed by atoms with Crippen molar-refractivity contribution in [2.24, 2.45) is 0 Å². The molecule has 2 aromatic rings. The second-order valence-electron chi connectivity index (χ2n) is 5.51. The Labute approximate surface area is 130 Å². The van der Waals surface area contributed by atoms with E-state index in [4.69, 9.17) is 9.47 Å². The molecule has 0 saturated heterocycles. The van der Waals surface area contributed by atoms with Crippen LogP contribution in [0.3, 0.4) is 0 Å². The molecule has 4 heteroatoms. The van der Waals surface area contributed by atoms with Crippen LogP contribution in [0.25, 0.3) is 0 Å². The number of benzene rings is 2. The number of hydrogen-bond donors (Lipinski definition) is 1. The van der Waals surface area contributed by atoms with Crippen LogP contribution in [0.4, 0.5) is 4.39 Å². The highest BCUT2D eigenvalue weighted by molar-refractivity contribution is 5.42. The lowest BCUT2D eigenvalue weighted by Gasteiger charge is -2.26. The second kappa shape index (κ2) is 6.79. The van der Waals surface area contributed by atoms with Gasteiger partial charge in [0.25, 0.3) is 0 Å². The Morgan fingerprint density at radius 3 is 2.82 bits per heavy atom. The third-order valence-corrected chi connectivity index (χ3v) is 3.92. The zero-order valence-electron chi connectivity index (χ0n) is 12.6. The van der Waals surface area contributed by atoms with E-state index in [9.17, 15) is 4.39 Å². The molecule has 0 spiro atoms. The third-order valence-electron chi connectivity index (χ3n) is 3.92. The van der Waals surface area contributed by atoms with E-state index in [-0.39, 0.29) is 11.9 Å². The van der Waals surface area contributed by atoms with Crippen molar-refractivity contribution < 1.29 is 13.9 Å². The second-order valence-corrected chi connectivity index (χ2v) is 5.51. The summed E-state index contributed by atoms with van der Waals surface area (Å²) in [4.78, 5) is 0. The van der Waals surface area contributed by atoms with Crippen molar-refractivity contribution in [3.8, 4) is 11.5 Å². The van der Waals surface area contributed by atoms with Gasteiger partial charge in [0.15, 0.2) is 0 Å². The number of ether oxygens (including phenoxy) is 2. The van der Waals surface area contributed by atoms with E-state index in [1.165, 1.54) is 17.7 Å². The predicted octanol–water partition coefficient (Wildman–Crippen LogP) is 3.32. The standard InChI is InChI=1S/C18H20FNO2/c1-21-16-8-4-14-5-9-17(22-18(14)10-16)12-20-11-13-2-6-15(19)7-3-13/h2-4,6-8,10,17,20H,5,9,11-12H2,1H3/t17-/m0/s1. The van der Waals surface area contributed by atoms with Gasteiger partial charge in [0.1, 0.15) is 23.4 Å². The molecule has 22 heavy (non-hydrogen) atoms. The molecular formula is C18H20FNO2. The number of hydrogen-bond acceptors (Lipinski definition) is 3. The van der Waals surface area contributed by atoms with Gasteiger partial charge in [-0.2, -0.15) is 0 Å². The fourth-order valence-electron chi connectivity index (χ4n) is 2.66. The van der Waals surface area contributed by atoms with E-state index in [1.54, 1.807) is 19.2 Å². The first-order valence-corrected chi connectivity index (χ1v) is 7.53. The molecule has 0 aliphatic carbocycles. The lowest BCUT2D eigenvalue weighted by Crippen LogP contribution is -2.33. The van der Waals surface area contributed by atoms with Crippen molar-refractivity contribution in [2.45, 2.75) is 25.5 Å². The van der Waals surface area contributed by atoms with E-state index in [0.29, 0.717) is 6.54 Å². The van der Waals surface area contributed by atoms with Crippen LogP contribution in [0.15, 0.2) is 42.5 Å². The van der Waals surface area contributed by atoms with E-state index >= 15 is 0 Å². The van der Waals surface area contributed by atoms with Gasteiger partial charge in [-0.3, -0.25) is 0 Å². The summed E-state index contributed by atoms with van der Waals surface area (Å²) in [6.07, 6.45) is 2.16. The van der Waals surface area contributed by atoms with Crippen molar-refractivity contribution in [1.82, 2.24) is 5.32 Å². The Balaban J connectivity index is 1.52. The van der Waals surface area contributed by atoms with Crippen molar-refractivity contribution in [3.05, 3.63) is 59.4 Å². The molecule has 0 bridgehead atoms. The molecule has 0 unspecified atom stereocenters. The van der Waals surface area contributed by atoms with Gasteiger partial charge in [-0.25, -0.2) is 4.39 Å². The van der Waals surface area contributed by atoms with Crippen LogP contribution in [-0.4, -0.2) is 19.8 Å². The molecule has 0 radical (unpaired) electrons.